The Balaban J connectivity index is 0.00000300. The van der Waals surface area contributed by atoms with E-state index in [0.717, 1.165) is 6.08 Å². The van der Waals surface area contributed by atoms with E-state index in [-0.39, 0.29) is 57.2 Å². The molecular formula is C18H10Cl2N3NaO5. The van der Waals surface area contributed by atoms with Gasteiger partial charge >= 0.3 is 29.6 Å². The minimum absolute atomic E-state index is 0. The average molecular weight is 442 g/mol. The molecule has 0 unspecified atom stereocenters. The second-order valence-corrected chi connectivity index (χ2v) is 6.45. The molecule has 0 bridgehead atoms. The SMILES string of the molecule is O=C(/C=C/c1c(C(=O)[O-])[nH]c2cc(Cl)cc(Cl)c12)Nc1ccccc1[N+](=O)[O-].[Na+]. The minimum atomic E-state index is -1.50. The molecule has 0 radical (unpaired) electrons. The molecule has 2 N–H and O–H groups in total. The quantitative estimate of drug-likeness (QED) is 0.256. The Morgan fingerprint density at radius 2 is 1.86 bits per heavy atom. The first kappa shape index (κ1) is 22.9. The molecule has 11 heteroatoms. The number of amides is 1. The number of carbonyl (C=O) groups is 2. The molecule has 29 heavy (non-hydrogen) atoms. The van der Waals surface area contributed by atoms with Gasteiger partial charge in [-0.3, -0.25) is 14.9 Å². The molecule has 0 saturated heterocycles. The summed E-state index contributed by atoms with van der Waals surface area (Å²) >= 11 is 12.1. The molecule has 0 saturated carbocycles. The molecule has 0 atom stereocenters. The number of anilines is 1. The number of hydrogen-bond donors (Lipinski definition) is 2. The van der Waals surface area contributed by atoms with Crippen molar-refractivity contribution in [2.45, 2.75) is 0 Å². The van der Waals surface area contributed by atoms with Crippen molar-refractivity contribution >= 4 is 63.4 Å². The molecule has 3 aromatic rings. The van der Waals surface area contributed by atoms with Crippen LogP contribution in [0, 0.1) is 10.1 Å². The van der Waals surface area contributed by atoms with Crippen molar-refractivity contribution in [3.8, 4) is 0 Å². The predicted molar refractivity (Wildman–Crippen MR) is 103 cm³/mol. The zero-order valence-electron chi connectivity index (χ0n) is 14.9. The van der Waals surface area contributed by atoms with Crippen LogP contribution in [-0.4, -0.2) is 21.8 Å². The van der Waals surface area contributed by atoms with E-state index >= 15 is 0 Å². The van der Waals surface area contributed by atoms with E-state index in [2.05, 4.69) is 10.3 Å². The number of halogens is 2. The van der Waals surface area contributed by atoms with Crippen LogP contribution in [0.4, 0.5) is 11.4 Å². The van der Waals surface area contributed by atoms with Gasteiger partial charge in [0.1, 0.15) is 5.69 Å². The number of nitro benzene ring substituents is 1. The normalized spacial score (nSPS) is 10.7. The summed E-state index contributed by atoms with van der Waals surface area (Å²) in [6.07, 6.45) is 2.27. The maximum absolute atomic E-state index is 12.2. The molecule has 8 nitrogen and oxygen atoms in total. The maximum Gasteiger partial charge on any atom is 1.00 e. The van der Waals surface area contributed by atoms with Gasteiger partial charge in [-0.25, -0.2) is 0 Å². The fraction of sp³-hybridized carbons (Fsp3) is 0. The Morgan fingerprint density at radius 3 is 2.52 bits per heavy atom. The second-order valence-electron chi connectivity index (χ2n) is 5.61. The summed E-state index contributed by atoms with van der Waals surface area (Å²) < 4.78 is 0. The topological polar surface area (TPSA) is 128 Å². The van der Waals surface area contributed by atoms with Gasteiger partial charge < -0.3 is 20.2 Å². The molecule has 142 valence electrons. The van der Waals surface area contributed by atoms with Crippen LogP contribution in [0.3, 0.4) is 0 Å². The second kappa shape index (κ2) is 9.43. The van der Waals surface area contributed by atoms with Gasteiger partial charge in [0.2, 0.25) is 5.91 Å². The predicted octanol–water partition coefficient (Wildman–Crippen LogP) is 0.402. The number of rotatable bonds is 5. The van der Waals surface area contributed by atoms with E-state index < -0.39 is 16.8 Å². The number of aromatic amines is 1. The Labute approximate surface area is 195 Å². The van der Waals surface area contributed by atoms with Crippen LogP contribution < -0.4 is 40.0 Å². The smallest absolute Gasteiger partial charge is 0.543 e. The summed E-state index contributed by atoms with van der Waals surface area (Å²) in [7, 11) is 0. The van der Waals surface area contributed by atoms with Gasteiger partial charge in [-0.05, 0) is 24.3 Å². The van der Waals surface area contributed by atoms with E-state index in [4.69, 9.17) is 23.2 Å². The van der Waals surface area contributed by atoms with Crippen molar-refractivity contribution in [2.24, 2.45) is 0 Å². The first-order valence-electron chi connectivity index (χ1n) is 7.72. The molecule has 0 aliphatic heterocycles. The average Bonchev–Trinajstić information content (AvgIpc) is 2.99. The third kappa shape index (κ3) is 4.98. The van der Waals surface area contributed by atoms with E-state index in [1.807, 2.05) is 0 Å². The molecule has 2 aromatic carbocycles. The molecule has 0 aliphatic carbocycles. The van der Waals surface area contributed by atoms with Crippen LogP contribution in [0.5, 0.6) is 0 Å². The molecule has 0 fully saturated rings. The first-order chi connectivity index (χ1) is 13.3. The van der Waals surface area contributed by atoms with Crippen LogP contribution >= 0.6 is 23.2 Å². The fourth-order valence-corrected chi connectivity index (χ4v) is 3.27. The standard InChI is InChI=1S/C18H11Cl2N3O5.Na/c19-9-7-11(20)16-10(17(18(25)26)22-13(16)8-9)5-6-15(24)21-12-3-1-2-4-14(12)23(27)28;/h1-8,22H,(H,21,24)(H,25,26);/q;+1/p-1/b6-5+;. The fourth-order valence-electron chi connectivity index (χ4n) is 2.67. The van der Waals surface area contributed by atoms with Crippen LogP contribution in [-0.2, 0) is 4.79 Å². The van der Waals surface area contributed by atoms with Gasteiger partial charge in [0, 0.05) is 33.6 Å². The van der Waals surface area contributed by atoms with Crippen LogP contribution in [0.15, 0.2) is 42.5 Å². The molecule has 1 aromatic heterocycles. The van der Waals surface area contributed by atoms with Crippen molar-refractivity contribution in [3.63, 3.8) is 0 Å². The van der Waals surface area contributed by atoms with E-state index in [1.54, 1.807) is 0 Å². The van der Waals surface area contributed by atoms with E-state index in [9.17, 15) is 24.8 Å². The number of aromatic carboxylic acids is 1. The first-order valence-corrected chi connectivity index (χ1v) is 8.48. The number of carboxylic acids is 1. The van der Waals surface area contributed by atoms with Crippen LogP contribution in [0.25, 0.3) is 17.0 Å². The van der Waals surface area contributed by atoms with Gasteiger partial charge in [0.15, 0.2) is 0 Å². The summed E-state index contributed by atoms with van der Waals surface area (Å²) in [4.78, 5) is 36.6. The van der Waals surface area contributed by atoms with Gasteiger partial charge in [-0.2, -0.15) is 0 Å². The molecule has 3 rings (SSSR count). The Hall–Kier alpha value is -2.36. The van der Waals surface area contributed by atoms with Crippen molar-refractivity contribution in [1.29, 1.82) is 0 Å². The zero-order chi connectivity index (χ0) is 20.4. The number of fused-ring (bicyclic) bond motifs is 1. The number of H-pyrrole nitrogens is 1. The largest absolute Gasteiger partial charge is 1.00 e. The number of hydrogen-bond acceptors (Lipinski definition) is 5. The van der Waals surface area contributed by atoms with Gasteiger partial charge in [-0.1, -0.05) is 35.3 Å². The number of nitrogens with zero attached hydrogens (tertiary/aromatic N) is 1. The number of benzene rings is 2. The number of carboxylic acid groups (broad SMARTS) is 1. The Bertz CT molecular complexity index is 1160. The maximum atomic E-state index is 12.2. The summed E-state index contributed by atoms with van der Waals surface area (Å²) in [6, 6.07) is 8.54. The van der Waals surface area contributed by atoms with Crippen molar-refractivity contribution in [2.75, 3.05) is 5.32 Å². The van der Waals surface area contributed by atoms with Crippen LogP contribution in [0.2, 0.25) is 10.0 Å². The number of para-hydroxylation sites is 2. The van der Waals surface area contributed by atoms with E-state index in [1.165, 1.54) is 42.5 Å². The van der Waals surface area contributed by atoms with Crippen LogP contribution in [0.1, 0.15) is 16.1 Å². The number of aromatic nitrogens is 1. The van der Waals surface area contributed by atoms with Crippen molar-refractivity contribution in [1.82, 2.24) is 4.98 Å². The number of carbonyl (C=O) groups excluding carboxylic acids is 2. The zero-order valence-corrected chi connectivity index (χ0v) is 18.4. The monoisotopic (exact) mass is 441 g/mol. The van der Waals surface area contributed by atoms with Gasteiger partial charge in [-0.15, -0.1) is 0 Å². The molecule has 0 spiro atoms. The summed E-state index contributed by atoms with van der Waals surface area (Å²) in [5.74, 6) is -2.19. The Kier molecular flexibility index (Phi) is 7.45. The summed E-state index contributed by atoms with van der Waals surface area (Å²) in [5.41, 5.74) is -0.0748. The third-order valence-corrected chi connectivity index (χ3v) is 4.33. The van der Waals surface area contributed by atoms with Crippen molar-refractivity contribution < 1.29 is 49.2 Å². The molecular weight excluding hydrogens is 432 g/mol. The van der Waals surface area contributed by atoms with E-state index in [0.29, 0.717) is 15.9 Å². The molecule has 0 aliphatic rings. The summed E-state index contributed by atoms with van der Waals surface area (Å²) in [6.45, 7) is 0. The number of nitrogens with one attached hydrogen (secondary N) is 2. The third-order valence-electron chi connectivity index (χ3n) is 3.82. The molecule has 1 heterocycles. The van der Waals surface area contributed by atoms with Crippen molar-refractivity contribution in [3.05, 3.63) is 73.9 Å². The molecule has 1 amide bonds. The number of nitro groups is 1. The van der Waals surface area contributed by atoms with Gasteiger partial charge in [0.05, 0.1) is 21.6 Å². The van der Waals surface area contributed by atoms with Gasteiger partial charge in [0.25, 0.3) is 5.69 Å². The Morgan fingerprint density at radius 1 is 1.17 bits per heavy atom. The minimum Gasteiger partial charge on any atom is -0.543 e. The summed E-state index contributed by atoms with van der Waals surface area (Å²) in [5, 5.41) is 25.6.